The standard InChI is InChI=1S/C13H12N2O3S/c1-15-11(7-14)12(18-19-3)10-6-8(17-2)4-5-9(10)13(15)16/h4-6H,1-3H3. The Kier molecular flexibility index (Phi) is 3.67. The lowest BCUT2D eigenvalue weighted by molar-refractivity contribution is 0.415. The van der Waals surface area contributed by atoms with E-state index >= 15 is 0 Å². The zero-order chi connectivity index (χ0) is 14.0. The molecule has 6 heteroatoms. The van der Waals surface area contributed by atoms with Crippen LogP contribution in [0.2, 0.25) is 0 Å². The van der Waals surface area contributed by atoms with Crippen LogP contribution in [0.1, 0.15) is 5.69 Å². The van der Waals surface area contributed by atoms with Gasteiger partial charge in [-0.2, -0.15) is 5.26 Å². The first kappa shape index (κ1) is 13.3. The van der Waals surface area contributed by atoms with E-state index in [1.807, 2.05) is 6.07 Å². The molecule has 0 saturated heterocycles. The summed E-state index contributed by atoms with van der Waals surface area (Å²) in [5.74, 6) is 0.988. The van der Waals surface area contributed by atoms with Crippen LogP contribution < -0.4 is 14.5 Å². The number of hydrogen-bond donors (Lipinski definition) is 0. The monoisotopic (exact) mass is 276 g/mol. The number of rotatable bonds is 3. The van der Waals surface area contributed by atoms with E-state index in [2.05, 4.69) is 0 Å². The molecule has 0 radical (unpaired) electrons. The molecule has 0 atom stereocenters. The third-order valence-electron chi connectivity index (χ3n) is 2.83. The molecular weight excluding hydrogens is 264 g/mol. The fraction of sp³-hybridized carbons (Fsp3) is 0.231. The van der Waals surface area contributed by atoms with Crippen molar-refractivity contribution in [2.24, 2.45) is 7.05 Å². The van der Waals surface area contributed by atoms with Crippen molar-refractivity contribution in [3.8, 4) is 17.6 Å². The second kappa shape index (κ2) is 5.24. The van der Waals surface area contributed by atoms with E-state index in [4.69, 9.17) is 8.92 Å². The van der Waals surface area contributed by atoms with E-state index < -0.39 is 0 Å². The van der Waals surface area contributed by atoms with Crippen LogP contribution in [-0.4, -0.2) is 17.9 Å². The Hall–Kier alpha value is -2.13. The fourth-order valence-electron chi connectivity index (χ4n) is 1.88. The fourth-order valence-corrected chi connectivity index (χ4v) is 2.22. The molecule has 0 aliphatic heterocycles. The first-order valence-corrected chi connectivity index (χ1v) is 6.60. The number of nitrogens with zero attached hydrogens (tertiary/aromatic N) is 2. The van der Waals surface area contributed by atoms with Gasteiger partial charge in [-0.15, -0.1) is 0 Å². The Morgan fingerprint density at radius 3 is 2.68 bits per heavy atom. The Morgan fingerprint density at radius 2 is 2.11 bits per heavy atom. The summed E-state index contributed by atoms with van der Waals surface area (Å²) in [5.41, 5.74) is -0.0391. The number of benzene rings is 1. The van der Waals surface area contributed by atoms with Crippen molar-refractivity contribution in [2.45, 2.75) is 0 Å². The second-order valence-electron chi connectivity index (χ2n) is 3.82. The average molecular weight is 276 g/mol. The van der Waals surface area contributed by atoms with Gasteiger partial charge in [-0.25, -0.2) is 0 Å². The maximum atomic E-state index is 12.2. The molecule has 0 saturated carbocycles. The Labute approximate surface area is 114 Å². The quantitative estimate of drug-likeness (QED) is 0.803. The average Bonchev–Trinajstić information content (AvgIpc) is 2.44. The van der Waals surface area contributed by atoms with Crippen LogP contribution in [0.15, 0.2) is 23.0 Å². The van der Waals surface area contributed by atoms with Crippen molar-refractivity contribution >= 4 is 22.8 Å². The van der Waals surface area contributed by atoms with Gasteiger partial charge in [0.2, 0.25) is 0 Å². The molecule has 1 aromatic heterocycles. The molecule has 1 aromatic carbocycles. The largest absolute Gasteiger partial charge is 0.497 e. The van der Waals surface area contributed by atoms with E-state index in [0.29, 0.717) is 22.3 Å². The minimum absolute atomic E-state index is 0.195. The van der Waals surface area contributed by atoms with Gasteiger partial charge >= 0.3 is 0 Å². The number of nitriles is 1. The van der Waals surface area contributed by atoms with Gasteiger partial charge in [0.25, 0.3) is 5.56 Å². The van der Waals surface area contributed by atoms with E-state index in [9.17, 15) is 10.1 Å². The summed E-state index contributed by atoms with van der Waals surface area (Å²) in [6.45, 7) is 0. The summed E-state index contributed by atoms with van der Waals surface area (Å²) in [5, 5.41) is 10.3. The van der Waals surface area contributed by atoms with E-state index in [0.717, 1.165) is 12.0 Å². The van der Waals surface area contributed by atoms with Crippen LogP contribution >= 0.6 is 12.0 Å². The van der Waals surface area contributed by atoms with Crippen LogP contribution in [0.5, 0.6) is 11.5 Å². The molecule has 0 unspecified atom stereocenters. The van der Waals surface area contributed by atoms with Gasteiger partial charge in [-0.1, -0.05) is 0 Å². The van der Waals surface area contributed by atoms with Crippen molar-refractivity contribution in [1.82, 2.24) is 4.57 Å². The van der Waals surface area contributed by atoms with Crippen molar-refractivity contribution in [1.29, 1.82) is 5.26 Å². The highest BCUT2D eigenvalue weighted by molar-refractivity contribution is 7.94. The van der Waals surface area contributed by atoms with Crippen molar-refractivity contribution in [3.05, 3.63) is 34.2 Å². The maximum Gasteiger partial charge on any atom is 0.259 e. The molecule has 2 aromatic rings. The van der Waals surface area contributed by atoms with Gasteiger partial charge in [-0.3, -0.25) is 9.36 Å². The summed E-state index contributed by atoms with van der Waals surface area (Å²) < 4.78 is 11.9. The molecule has 1 heterocycles. The lowest BCUT2D eigenvalue weighted by Gasteiger charge is -2.12. The zero-order valence-corrected chi connectivity index (χ0v) is 11.6. The molecule has 0 spiro atoms. The topological polar surface area (TPSA) is 64.2 Å². The smallest absolute Gasteiger partial charge is 0.259 e. The predicted molar refractivity (Wildman–Crippen MR) is 74.6 cm³/mol. The highest BCUT2D eigenvalue weighted by Crippen LogP contribution is 2.31. The second-order valence-corrected chi connectivity index (χ2v) is 4.32. The lowest BCUT2D eigenvalue weighted by atomic mass is 10.1. The molecule has 0 aliphatic rings. The summed E-state index contributed by atoms with van der Waals surface area (Å²) in [7, 11) is 3.10. The molecule has 0 N–H and O–H groups in total. The highest BCUT2D eigenvalue weighted by atomic mass is 32.2. The van der Waals surface area contributed by atoms with Crippen molar-refractivity contribution in [3.63, 3.8) is 0 Å². The third kappa shape index (κ3) is 2.13. The van der Waals surface area contributed by atoms with Crippen molar-refractivity contribution < 1.29 is 8.92 Å². The Balaban J connectivity index is 2.95. The number of hydrogen-bond acceptors (Lipinski definition) is 5. The molecule has 0 fully saturated rings. The van der Waals surface area contributed by atoms with Gasteiger partial charge in [0.15, 0.2) is 11.4 Å². The molecule has 0 bridgehead atoms. The summed E-state index contributed by atoms with van der Waals surface area (Å²) in [6, 6.07) is 7.08. The molecule has 2 rings (SSSR count). The summed E-state index contributed by atoms with van der Waals surface area (Å²) >= 11 is 1.12. The SMILES string of the molecule is COc1ccc2c(=O)n(C)c(C#N)c(OSC)c2c1. The van der Waals surface area contributed by atoms with Crippen LogP contribution in [0.4, 0.5) is 0 Å². The highest BCUT2D eigenvalue weighted by Gasteiger charge is 2.16. The van der Waals surface area contributed by atoms with Crippen LogP contribution in [0, 0.1) is 11.3 Å². The molecule has 0 amide bonds. The Morgan fingerprint density at radius 1 is 1.37 bits per heavy atom. The number of aromatic nitrogens is 1. The maximum absolute atomic E-state index is 12.2. The lowest BCUT2D eigenvalue weighted by Crippen LogP contribution is -2.20. The van der Waals surface area contributed by atoms with Gasteiger partial charge in [-0.05, 0) is 18.2 Å². The van der Waals surface area contributed by atoms with Crippen LogP contribution in [0.25, 0.3) is 10.8 Å². The summed E-state index contributed by atoms with van der Waals surface area (Å²) in [6.07, 6.45) is 1.75. The molecule has 19 heavy (non-hydrogen) atoms. The van der Waals surface area contributed by atoms with Gasteiger partial charge < -0.3 is 8.92 Å². The Bertz CT molecular complexity index is 731. The minimum Gasteiger partial charge on any atom is -0.497 e. The third-order valence-corrected chi connectivity index (χ3v) is 3.16. The number of methoxy groups -OCH3 is 1. The van der Waals surface area contributed by atoms with E-state index in [1.54, 1.807) is 38.6 Å². The number of pyridine rings is 1. The minimum atomic E-state index is -0.234. The van der Waals surface area contributed by atoms with E-state index in [1.165, 1.54) is 4.57 Å². The first-order chi connectivity index (χ1) is 9.13. The van der Waals surface area contributed by atoms with Gasteiger partial charge in [0, 0.05) is 18.7 Å². The number of ether oxygens (including phenoxy) is 1. The van der Waals surface area contributed by atoms with Crippen LogP contribution in [0.3, 0.4) is 0 Å². The first-order valence-electron chi connectivity index (χ1n) is 5.45. The predicted octanol–water partition coefficient (Wildman–Crippen LogP) is 2.08. The summed E-state index contributed by atoms with van der Waals surface area (Å²) in [4.78, 5) is 12.2. The van der Waals surface area contributed by atoms with Crippen LogP contribution in [-0.2, 0) is 7.05 Å². The normalized spacial score (nSPS) is 10.2. The van der Waals surface area contributed by atoms with Crippen molar-refractivity contribution in [2.75, 3.05) is 13.4 Å². The van der Waals surface area contributed by atoms with Gasteiger partial charge in [0.1, 0.15) is 11.8 Å². The zero-order valence-electron chi connectivity index (χ0n) is 10.8. The number of fused-ring (bicyclic) bond motifs is 1. The molecular formula is C13H12N2O3S. The molecule has 0 aliphatic carbocycles. The van der Waals surface area contributed by atoms with E-state index in [-0.39, 0.29) is 11.3 Å². The molecule has 5 nitrogen and oxygen atoms in total. The molecule has 98 valence electrons. The van der Waals surface area contributed by atoms with Gasteiger partial charge in [0.05, 0.1) is 24.5 Å².